The van der Waals surface area contributed by atoms with E-state index >= 15 is 0 Å². The lowest BCUT2D eigenvalue weighted by atomic mass is 9.96. The van der Waals surface area contributed by atoms with E-state index in [0.29, 0.717) is 10.8 Å². The molecule has 0 unspecified atom stereocenters. The molecule has 2 rings (SSSR count). The van der Waals surface area contributed by atoms with Crippen molar-refractivity contribution in [2.24, 2.45) is 0 Å². The minimum atomic E-state index is -0.0793. The minimum absolute atomic E-state index is 0.0793. The third kappa shape index (κ3) is 2.80. The molecule has 1 heterocycles. The summed E-state index contributed by atoms with van der Waals surface area (Å²) in [5, 5.41) is 0.707. The molecule has 17 heavy (non-hydrogen) atoms. The number of hydrogen-bond acceptors (Lipinski definition) is 3. The normalized spacial score (nSPS) is 11.5. The summed E-state index contributed by atoms with van der Waals surface area (Å²) in [4.78, 5) is 12.9. The highest BCUT2D eigenvalue weighted by atomic mass is 35.5. The van der Waals surface area contributed by atoms with Crippen molar-refractivity contribution in [3.63, 3.8) is 0 Å². The standard InChI is InChI=1S/C13H14ClN3/c1-13(2,3)12-16-8-15-11(17-12)9-4-6-10(14)7-5-9/h4-8H,1-3H3. The topological polar surface area (TPSA) is 38.7 Å². The zero-order valence-electron chi connectivity index (χ0n) is 10.1. The summed E-state index contributed by atoms with van der Waals surface area (Å²) in [5.74, 6) is 1.47. The van der Waals surface area contributed by atoms with Gasteiger partial charge < -0.3 is 0 Å². The second-order valence-electron chi connectivity index (χ2n) is 4.89. The predicted molar refractivity (Wildman–Crippen MR) is 69.0 cm³/mol. The van der Waals surface area contributed by atoms with Gasteiger partial charge in [-0.2, -0.15) is 0 Å². The second kappa shape index (κ2) is 4.41. The quantitative estimate of drug-likeness (QED) is 0.774. The Bertz CT molecular complexity index is 515. The second-order valence-corrected chi connectivity index (χ2v) is 5.33. The Balaban J connectivity index is 2.43. The van der Waals surface area contributed by atoms with E-state index in [1.54, 1.807) is 6.33 Å². The molecule has 4 heteroatoms. The fourth-order valence-corrected chi connectivity index (χ4v) is 1.52. The summed E-state index contributed by atoms with van der Waals surface area (Å²) < 4.78 is 0. The average molecular weight is 248 g/mol. The Kier molecular flexibility index (Phi) is 3.11. The maximum atomic E-state index is 5.85. The molecule has 0 amide bonds. The van der Waals surface area contributed by atoms with E-state index in [9.17, 15) is 0 Å². The van der Waals surface area contributed by atoms with Crippen molar-refractivity contribution in [1.82, 2.24) is 15.0 Å². The third-order valence-electron chi connectivity index (χ3n) is 2.35. The van der Waals surface area contributed by atoms with E-state index in [2.05, 4.69) is 35.7 Å². The summed E-state index contributed by atoms with van der Waals surface area (Å²) in [6.45, 7) is 6.23. The van der Waals surface area contributed by atoms with Gasteiger partial charge in [0.15, 0.2) is 5.82 Å². The molecule has 3 nitrogen and oxygen atoms in total. The lowest BCUT2D eigenvalue weighted by Gasteiger charge is -2.16. The van der Waals surface area contributed by atoms with E-state index in [1.807, 2.05) is 24.3 Å². The van der Waals surface area contributed by atoms with Gasteiger partial charge in [0.05, 0.1) is 0 Å². The Labute approximate surface area is 106 Å². The lowest BCUT2D eigenvalue weighted by molar-refractivity contribution is 0.542. The number of halogens is 1. The molecule has 0 spiro atoms. The van der Waals surface area contributed by atoms with Crippen LogP contribution in [0.5, 0.6) is 0 Å². The minimum Gasteiger partial charge on any atom is -0.221 e. The molecule has 88 valence electrons. The van der Waals surface area contributed by atoms with Crippen LogP contribution in [0.2, 0.25) is 5.02 Å². The van der Waals surface area contributed by atoms with E-state index in [0.717, 1.165) is 11.4 Å². The monoisotopic (exact) mass is 247 g/mol. The molecule has 0 aliphatic rings. The van der Waals surface area contributed by atoms with Crippen LogP contribution < -0.4 is 0 Å². The summed E-state index contributed by atoms with van der Waals surface area (Å²) in [6.07, 6.45) is 1.55. The Morgan fingerprint density at radius 1 is 1.00 bits per heavy atom. The Hall–Kier alpha value is -1.48. The van der Waals surface area contributed by atoms with Gasteiger partial charge in [0, 0.05) is 16.0 Å². The first-order chi connectivity index (χ1) is 7.97. The van der Waals surface area contributed by atoms with Crippen LogP contribution in [0.1, 0.15) is 26.6 Å². The molecule has 1 aromatic carbocycles. The molecule has 0 saturated carbocycles. The fourth-order valence-electron chi connectivity index (χ4n) is 1.40. The van der Waals surface area contributed by atoms with E-state index in [4.69, 9.17) is 11.6 Å². The van der Waals surface area contributed by atoms with Crippen molar-refractivity contribution >= 4 is 11.6 Å². The highest BCUT2D eigenvalue weighted by Gasteiger charge is 2.18. The van der Waals surface area contributed by atoms with E-state index in [-0.39, 0.29) is 5.41 Å². The van der Waals surface area contributed by atoms with Gasteiger partial charge in [-0.3, -0.25) is 0 Å². The van der Waals surface area contributed by atoms with Crippen molar-refractivity contribution in [2.45, 2.75) is 26.2 Å². The largest absolute Gasteiger partial charge is 0.221 e. The molecule has 0 bridgehead atoms. The van der Waals surface area contributed by atoms with E-state index in [1.165, 1.54) is 0 Å². The Morgan fingerprint density at radius 3 is 2.24 bits per heavy atom. The number of hydrogen-bond donors (Lipinski definition) is 0. The summed E-state index contributed by atoms with van der Waals surface area (Å²) >= 11 is 5.85. The molecule has 0 saturated heterocycles. The SMILES string of the molecule is CC(C)(C)c1ncnc(-c2ccc(Cl)cc2)n1. The van der Waals surface area contributed by atoms with Crippen LogP contribution in [0, 0.1) is 0 Å². The fraction of sp³-hybridized carbons (Fsp3) is 0.308. The van der Waals surface area contributed by atoms with Crippen LogP contribution in [0.3, 0.4) is 0 Å². The summed E-state index contributed by atoms with van der Waals surface area (Å²) in [5.41, 5.74) is 0.867. The molecule has 0 aliphatic heterocycles. The smallest absolute Gasteiger partial charge is 0.163 e. The van der Waals surface area contributed by atoms with Gasteiger partial charge in [-0.25, -0.2) is 15.0 Å². The maximum absolute atomic E-state index is 5.85. The van der Waals surface area contributed by atoms with Gasteiger partial charge in [0.2, 0.25) is 0 Å². The van der Waals surface area contributed by atoms with Gasteiger partial charge in [-0.15, -0.1) is 0 Å². The molecule has 0 atom stereocenters. The van der Waals surface area contributed by atoms with Crippen molar-refractivity contribution in [3.8, 4) is 11.4 Å². The Morgan fingerprint density at radius 2 is 1.65 bits per heavy atom. The van der Waals surface area contributed by atoms with Gasteiger partial charge in [-0.05, 0) is 24.3 Å². The highest BCUT2D eigenvalue weighted by molar-refractivity contribution is 6.30. The average Bonchev–Trinajstić information content (AvgIpc) is 2.29. The zero-order valence-corrected chi connectivity index (χ0v) is 10.9. The van der Waals surface area contributed by atoms with Crippen molar-refractivity contribution < 1.29 is 0 Å². The molecule has 0 fully saturated rings. The zero-order chi connectivity index (χ0) is 12.5. The van der Waals surface area contributed by atoms with Crippen LogP contribution in [0.25, 0.3) is 11.4 Å². The maximum Gasteiger partial charge on any atom is 0.163 e. The molecular weight excluding hydrogens is 234 g/mol. The van der Waals surface area contributed by atoms with Crippen molar-refractivity contribution in [3.05, 3.63) is 41.4 Å². The van der Waals surface area contributed by atoms with Crippen molar-refractivity contribution in [1.29, 1.82) is 0 Å². The first-order valence-electron chi connectivity index (χ1n) is 5.42. The molecular formula is C13H14ClN3. The highest BCUT2D eigenvalue weighted by Crippen LogP contribution is 2.21. The van der Waals surface area contributed by atoms with Crippen LogP contribution in [-0.2, 0) is 5.41 Å². The van der Waals surface area contributed by atoms with Crippen molar-refractivity contribution in [2.75, 3.05) is 0 Å². The van der Waals surface area contributed by atoms with Gasteiger partial charge >= 0.3 is 0 Å². The predicted octanol–water partition coefficient (Wildman–Crippen LogP) is 3.49. The number of benzene rings is 1. The van der Waals surface area contributed by atoms with Gasteiger partial charge in [0.25, 0.3) is 0 Å². The molecule has 0 radical (unpaired) electrons. The molecule has 1 aromatic heterocycles. The summed E-state index contributed by atoms with van der Waals surface area (Å²) in [7, 11) is 0. The first kappa shape index (κ1) is 12.0. The number of aromatic nitrogens is 3. The number of nitrogens with zero attached hydrogens (tertiary/aromatic N) is 3. The van der Waals surface area contributed by atoms with E-state index < -0.39 is 0 Å². The van der Waals surface area contributed by atoms with Crippen LogP contribution in [0.15, 0.2) is 30.6 Å². The molecule has 0 aliphatic carbocycles. The first-order valence-corrected chi connectivity index (χ1v) is 5.80. The third-order valence-corrected chi connectivity index (χ3v) is 2.60. The summed E-state index contributed by atoms with van der Waals surface area (Å²) in [6, 6.07) is 7.48. The van der Waals surface area contributed by atoms with Gasteiger partial charge in [0.1, 0.15) is 12.2 Å². The van der Waals surface area contributed by atoms with Gasteiger partial charge in [-0.1, -0.05) is 32.4 Å². The molecule has 2 aromatic rings. The van der Waals surface area contributed by atoms with Crippen LogP contribution in [-0.4, -0.2) is 15.0 Å². The van der Waals surface area contributed by atoms with Crippen LogP contribution >= 0.6 is 11.6 Å². The molecule has 0 N–H and O–H groups in total. The van der Waals surface area contributed by atoms with Crippen LogP contribution in [0.4, 0.5) is 0 Å². The number of rotatable bonds is 1. The lowest BCUT2D eigenvalue weighted by Crippen LogP contribution is -2.16.